The quantitative estimate of drug-likeness (QED) is 0.191. The molecule has 0 bridgehead atoms. The second-order valence-corrected chi connectivity index (χ2v) is 9.71. The molecule has 0 saturated heterocycles. The fourth-order valence-electron chi connectivity index (χ4n) is 3.25. The van der Waals surface area contributed by atoms with Crippen molar-refractivity contribution < 1.29 is 9.53 Å². The minimum Gasteiger partial charge on any atom is -0.466 e. The Balaban J connectivity index is 3.21. The summed E-state index contributed by atoms with van der Waals surface area (Å²) in [4.78, 5) is 11.7. The van der Waals surface area contributed by atoms with Crippen LogP contribution in [0.4, 0.5) is 0 Å². The van der Waals surface area contributed by atoms with Crippen molar-refractivity contribution in [3.8, 4) is 0 Å². The van der Waals surface area contributed by atoms with Crippen molar-refractivity contribution in [3.05, 3.63) is 0 Å². The molecule has 0 N–H and O–H groups in total. The van der Waals surface area contributed by atoms with Gasteiger partial charge in [-0.3, -0.25) is 4.79 Å². The molecule has 0 aliphatic rings. The zero-order chi connectivity index (χ0) is 19.7. The minimum atomic E-state index is 0.00200. The summed E-state index contributed by atoms with van der Waals surface area (Å²) in [6.07, 6.45) is 18.4. The molecule has 0 aromatic rings. The van der Waals surface area contributed by atoms with Crippen molar-refractivity contribution in [3.63, 3.8) is 0 Å². The van der Waals surface area contributed by atoms with Crippen molar-refractivity contribution >= 4 is 5.97 Å². The maximum Gasteiger partial charge on any atom is 0.305 e. The van der Waals surface area contributed by atoms with E-state index in [1.54, 1.807) is 0 Å². The van der Waals surface area contributed by atoms with Crippen LogP contribution in [-0.4, -0.2) is 12.6 Å². The molecule has 0 aliphatic carbocycles. The van der Waals surface area contributed by atoms with E-state index in [2.05, 4.69) is 34.6 Å². The number of esters is 1. The molecule has 0 amide bonds. The van der Waals surface area contributed by atoms with Crippen LogP contribution < -0.4 is 0 Å². The second kappa shape index (κ2) is 16.6. The number of unbranched alkanes of at least 4 members (excludes halogenated alkanes) is 10. The van der Waals surface area contributed by atoms with Crippen molar-refractivity contribution in [2.45, 2.75) is 131 Å². The normalized spacial score (nSPS) is 11.9. The van der Waals surface area contributed by atoms with Crippen molar-refractivity contribution in [1.29, 1.82) is 0 Å². The third-order valence-electron chi connectivity index (χ3n) is 5.00. The van der Waals surface area contributed by atoms with E-state index in [4.69, 9.17) is 4.74 Å². The van der Waals surface area contributed by atoms with Gasteiger partial charge in [-0.1, -0.05) is 105 Å². The summed E-state index contributed by atoms with van der Waals surface area (Å²) in [7, 11) is 0. The predicted molar refractivity (Wildman–Crippen MR) is 115 cm³/mol. The SMILES string of the molecule is CC(C)CCCCCCCCCCCOC(=O)CCCCCC(C)(C)C. The first-order valence-corrected chi connectivity index (χ1v) is 11.5. The van der Waals surface area contributed by atoms with E-state index in [-0.39, 0.29) is 5.97 Å². The second-order valence-electron chi connectivity index (χ2n) is 9.71. The van der Waals surface area contributed by atoms with Crippen LogP contribution in [0.15, 0.2) is 0 Å². The number of carbonyl (C=O) groups is 1. The van der Waals surface area contributed by atoms with Crippen LogP contribution in [0.1, 0.15) is 131 Å². The highest BCUT2D eigenvalue weighted by Gasteiger charge is 2.09. The van der Waals surface area contributed by atoms with Crippen LogP contribution in [0.2, 0.25) is 0 Å². The van der Waals surface area contributed by atoms with Gasteiger partial charge in [-0.2, -0.15) is 0 Å². The fraction of sp³-hybridized carbons (Fsp3) is 0.958. The molecular formula is C24H48O2. The van der Waals surface area contributed by atoms with Gasteiger partial charge >= 0.3 is 5.97 Å². The Morgan fingerprint density at radius 3 is 1.77 bits per heavy atom. The molecule has 156 valence electrons. The van der Waals surface area contributed by atoms with Gasteiger partial charge in [0.1, 0.15) is 0 Å². The Bertz CT molecular complexity index is 315. The summed E-state index contributed by atoms with van der Waals surface area (Å²) < 4.78 is 5.34. The lowest BCUT2D eigenvalue weighted by atomic mass is 9.89. The lowest BCUT2D eigenvalue weighted by molar-refractivity contribution is -0.143. The predicted octanol–water partition coefficient (Wildman–Crippen LogP) is 8.08. The van der Waals surface area contributed by atoms with E-state index in [9.17, 15) is 4.79 Å². The maximum atomic E-state index is 11.7. The highest BCUT2D eigenvalue weighted by Crippen LogP contribution is 2.22. The van der Waals surface area contributed by atoms with Crippen LogP contribution >= 0.6 is 0 Å². The van der Waals surface area contributed by atoms with Crippen molar-refractivity contribution in [2.75, 3.05) is 6.61 Å². The number of ether oxygens (including phenoxy) is 1. The fourth-order valence-corrected chi connectivity index (χ4v) is 3.25. The van der Waals surface area contributed by atoms with Crippen LogP contribution in [0.25, 0.3) is 0 Å². The molecule has 2 nitrogen and oxygen atoms in total. The number of rotatable bonds is 17. The summed E-state index contributed by atoms with van der Waals surface area (Å²) in [6.45, 7) is 12.1. The summed E-state index contributed by atoms with van der Waals surface area (Å²) in [6, 6.07) is 0. The molecule has 0 radical (unpaired) electrons. The van der Waals surface area contributed by atoms with Crippen molar-refractivity contribution in [2.24, 2.45) is 11.3 Å². The van der Waals surface area contributed by atoms with Crippen molar-refractivity contribution in [1.82, 2.24) is 0 Å². The number of carbonyl (C=O) groups excluding carboxylic acids is 1. The van der Waals surface area contributed by atoms with E-state index < -0.39 is 0 Å². The highest BCUT2D eigenvalue weighted by atomic mass is 16.5. The number of hydrogen-bond donors (Lipinski definition) is 0. The van der Waals surface area contributed by atoms with Crippen LogP contribution in [0.3, 0.4) is 0 Å². The van der Waals surface area contributed by atoms with Gasteiger partial charge in [0.25, 0.3) is 0 Å². The summed E-state index contributed by atoms with van der Waals surface area (Å²) in [5, 5.41) is 0. The van der Waals surface area contributed by atoms with Gasteiger partial charge in [0.2, 0.25) is 0 Å². The lowest BCUT2D eigenvalue weighted by Crippen LogP contribution is -2.06. The molecule has 0 aromatic carbocycles. The van der Waals surface area contributed by atoms with Crippen LogP contribution in [-0.2, 0) is 9.53 Å². The van der Waals surface area contributed by atoms with Gasteiger partial charge < -0.3 is 4.74 Å². The van der Waals surface area contributed by atoms with E-state index in [0.717, 1.165) is 25.2 Å². The molecule has 26 heavy (non-hydrogen) atoms. The maximum absolute atomic E-state index is 11.7. The van der Waals surface area contributed by atoms with E-state index in [1.165, 1.54) is 70.6 Å². The smallest absolute Gasteiger partial charge is 0.305 e. The Hall–Kier alpha value is -0.530. The molecule has 0 aliphatic heterocycles. The molecule has 0 spiro atoms. The third-order valence-corrected chi connectivity index (χ3v) is 5.00. The third kappa shape index (κ3) is 21.5. The topological polar surface area (TPSA) is 26.3 Å². The average molecular weight is 369 g/mol. The van der Waals surface area contributed by atoms with Crippen LogP contribution in [0.5, 0.6) is 0 Å². The molecule has 2 heteroatoms. The zero-order valence-electron chi connectivity index (χ0n) is 18.7. The van der Waals surface area contributed by atoms with Crippen LogP contribution in [0, 0.1) is 11.3 Å². The Kier molecular flexibility index (Phi) is 16.3. The molecule has 0 rings (SSSR count). The number of hydrogen-bond acceptors (Lipinski definition) is 2. The minimum absolute atomic E-state index is 0.00200. The van der Waals surface area contributed by atoms with Gasteiger partial charge in [0.05, 0.1) is 6.61 Å². The Morgan fingerprint density at radius 2 is 1.23 bits per heavy atom. The monoisotopic (exact) mass is 368 g/mol. The van der Waals surface area contributed by atoms with E-state index in [0.29, 0.717) is 18.4 Å². The average Bonchev–Trinajstić information content (AvgIpc) is 2.54. The lowest BCUT2D eigenvalue weighted by Gasteiger charge is -2.17. The Labute approximate surface area is 164 Å². The summed E-state index contributed by atoms with van der Waals surface area (Å²) in [5.41, 5.74) is 0.411. The van der Waals surface area contributed by atoms with E-state index >= 15 is 0 Å². The molecular weight excluding hydrogens is 320 g/mol. The molecule has 0 fully saturated rings. The first-order valence-electron chi connectivity index (χ1n) is 11.5. The summed E-state index contributed by atoms with van der Waals surface area (Å²) >= 11 is 0. The van der Waals surface area contributed by atoms with Gasteiger partial charge in [0.15, 0.2) is 0 Å². The first-order chi connectivity index (χ1) is 12.3. The highest BCUT2D eigenvalue weighted by molar-refractivity contribution is 5.69. The molecule has 0 unspecified atom stereocenters. The van der Waals surface area contributed by atoms with Gasteiger partial charge in [-0.25, -0.2) is 0 Å². The molecule has 0 atom stereocenters. The van der Waals surface area contributed by atoms with E-state index in [1.807, 2.05) is 0 Å². The molecule has 0 heterocycles. The standard InChI is InChI=1S/C24H48O2/c1-22(2)18-14-11-9-7-6-8-10-12-17-21-26-23(25)19-15-13-16-20-24(3,4)5/h22H,6-21H2,1-5H3. The first kappa shape index (κ1) is 25.5. The van der Waals surface area contributed by atoms with Gasteiger partial charge in [0, 0.05) is 6.42 Å². The Morgan fingerprint density at radius 1 is 0.731 bits per heavy atom. The van der Waals surface area contributed by atoms with Gasteiger partial charge in [-0.05, 0) is 30.6 Å². The largest absolute Gasteiger partial charge is 0.466 e. The molecule has 0 saturated carbocycles. The van der Waals surface area contributed by atoms with Gasteiger partial charge in [-0.15, -0.1) is 0 Å². The zero-order valence-corrected chi connectivity index (χ0v) is 18.7. The molecule has 0 aromatic heterocycles. The summed E-state index contributed by atoms with van der Waals surface area (Å²) in [5.74, 6) is 0.861.